The van der Waals surface area contributed by atoms with Gasteiger partial charge in [-0.3, -0.25) is 4.57 Å². The van der Waals surface area contributed by atoms with Crippen LogP contribution in [0.5, 0.6) is 17.5 Å². The summed E-state index contributed by atoms with van der Waals surface area (Å²) in [6.07, 6.45) is 1.80. The molecule has 0 unspecified atom stereocenters. The topological polar surface area (TPSA) is 36.3 Å². The molecule has 0 aliphatic carbocycles. The number of nitrogens with zero attached hydrogens (tertiary/aromatic N) is 2. The Bertz CT molecular complexity index is 506. The lowest BCUT2D eigenvalue weighted by Crippen LogP contribution is -2.01. The Morgan fingerprint density at radius 3 is 2.59 bits per heavy atom. The van der Waals surface area contributed by atoms with Crippen molar-refractivity contribution in [2.24, 2.45) is 0 Å². The molecule has 2 rings (SSSR count). The van der Waals surface area contributed by atoms with Gasteiger partial charge in [0.05, 0.1) is 13.3 Å². The van der Waals surface area contributed by atoms with Crippen LogP contribution in [0.2, 0.25) is 0 Å². The molecule has 1 aromatic heterocycles. The van der Waals surface area contributed by atoms with Crippen LogP contribution in [0.3, 0.4) is 0 Å². The number of para-hydroxylation sites is 2. The Hall–Kier alpha value is -1.97. The summed E-state index contributed by atoms with van der Waals surface area (Å²) in [4.78, 5) is 4.24. The van der Waals surface area contributed by atoms with Gasteiger partial charge in [0.15, 0.2) is 11.5 Å². The number of hydrogen-bond acceptors (Lipinski definition) is 3. The van der Waals surface area contributed by atoms with Crippen molar-refractivity contribution in [3.05, 3.63) is 36.2 Å². The number of hydrogen-bond donors (Lipinski definition) is 0. The normalized spacial score (nSPS) is 10.3. The molecule has 0 N–H and O–H groups in total. The minimum atomic E-state index is 0.592. The zero-order chi connectivity index (χ0) is 12.3. The SMILES string of the molecule is CCn1c(C)cnc1Oc1ccccc1OC. The molecule has 0 aliphatic heterocycles. The first-order valence-corrected chi connectivity index (χ1v) is 5.59. The van der Waals surface area contributed by atoms with Crippen molar-refractivity contribution < 1.29 is 9.47 Å². The van der Waals surface area contributed by atoms with Gasteiger partial charge in [-0.2, -0.15) is 0 Å². The van der Waals surface area contributed by atoms with E-state index >= 15 is 0 Å². The van der Waals surface area contributed by atoms with Gasteiger partial charge in [0, 0.05) is 12.2 Å². The zero-order valence-electron chi connectivity index (χ0n) is 10.3. The van der Waals surface area contributed by atoms with Crippen molar-refractivity contribution in [1.29, 1.82) is 0 Å². The van der Waals surface area contributed by atoms with E-state index in [0.717, 1.165) is 12.2 Å². The summed E-state index contributed by atoms with van der Waals surface area (Å²) in [6.45, 7) is 4.89. The lowest BCUT2D eigenvalue weighted by atomic mass is 10.3. The molecule has 1 heterocycles. The van der Waals surface area contributed by atoms with Gasteiger partial charge in [-0.1, -0.05) is 12.1 Å². The van der Waals surface area contributed by atoms with Crippen molar-refractivity contribution in [2.45, 2.75) is 20.4 Å². The van der Waals surface area contributed by atoms with Crippen LogP contribution in [0.4, 0.5) is 0 Å². The summed E-state index contributed by atoms with van der Waals surface area (Å²) in [5.74, 6) is 1.38. The van der Waals surface area contributed by atoms with Gasteiger partial charge in [0.1, 0.15) is 0 Å². The molecular formula is C13H16N2O2. The van der Waals surface area contributed by atoms with Gasteiger partial charge in [-0.25, -0.2) is 4.98 Å². The Kier molecular flexibility index (Phi) is 3.32. The van der Waals surface area contributed by atoms with E-state index in [0.29, 0.717) is 17.5 Å². The molecule has 17 heavy (non-hydrogen) atoms. The Balaban J connectivity index is 2.31. The maximum absolute atomic E-state index is 5.77. The highest BCUT2D eigenvalue weighted by atomic mass is 16.5. The second-order valence-electron chi connectivity index (χ2n) is 3.68. The number of benzene rings is 1. The van der Waals surface area contributed by atoms with Crippen LogP contribution in [-0.2, 0) is 6.54 Å². The number of methoxy groups -OCH3 is 1. The van der Waals surface area contributed by atoms with Gasteiger partial charge in [0.2, 0.25) is 0 Å². The van der Waals surface area contributed by atoms with E-state index in [9.17, 15) is 0 Å². The van der Waals surface area contributed by atoms with Gasteiger partial charge in [-0.15, -0.1) is 0 Å². The van der Waals surface area contributed by atoms with E-state index in [-0.39, 0.29) is 0 Å². The summed E-state index contributed by atoms with van der Waals surface area (Å²) in [6, 6.07) is 8.13. The molecule has 0 bridgehead atoms. The monoisotopic (exact) mass is 232 g/mol. The predicted molar refractivity (Wildman–Crippen MR) is 65.7 cm³/mol. The molecule has 0 saturated heterocycles. The fourth-order valence-corrected chi connectivity index (χ4v) is 1.71. The van der Waals surface area contributed by atoms with Crippen LogP contribution in [0.1, 0.15) is 12.6 Å². The molecule has 0 spiro atoms. The van der Waals surface area contributed by atoms with E-state index in [1.165, 1.54) is 0 Å². The van der Waals surface area contributed by atoms with Crippen molar-refractivity contribution in [3.8, 4) is 17.5 Å². The van der Waals surface area contributed by atoms with E-state index in [1.807, 2.05) is 35.8 Å². The van der Waals surface area contributed by atoms with Crippen LogP contribution >= 0.6 is 0 Å². The average Bonchev–Trinajstić information content (AvgIpc) is 2.70. The molecule has 90 valence electrons. The van der Waals surface area contributed by atoms with Crippen LogP contribution in [0.15, 0.2) is 30.5 Å². The first-order chi connectivity index (χ1) is 8.26. The number of rotatable bonds is 4. The lowest BCUT2D eigenvalue weighted by molar-refractivity contribution is 0.358. The summed E-state index contributed by atoms with van der Waals surface area (Å²) in [5.41, 5.74) is 1.08. The molecule has 1 aromatic carbocycles. The van der Waals surface area contributed by atoms with Crippen LogP contribution in [0, 0.1) is 6.92 Å². The highest BCUT2D eigenvalue weighted by molar-refractivity contribution is 5.41. The molecule has 0 fully saturated rings. The maximum Gasteiger partial charge on any atom is 0.302 e. The number of ether oxygens (including phenoxy) is 2. The first kappa shape index (κ1) is 11.5. The number of imidazole rings is 1. The van der Waals surface area contributed by atoms with Gasteiger partial charge < -0.3 is 9.47 Å². The Labute approximate surface area is 101 Å². The van der Waals surface area contributed by atoms with E-state index in [2.05, 4.69) is 11.9 Å². The van der Waals surface area contributed by atoms with Crippen molar-refractivity contribution in [1.82, 2.24) is 9.55 Å². The summed E-state index contributed by atoms with van der Waals surface area (Å²) in [7, 11) is 1.62. The van der Waals surface area contributed by atoms with Crippen molar-refractivity contribution in [2.75, 3.05) is 7.11 Å². The van der Waals surface area contributed by atoms with E-state index < -0.39 is 0 Å². The summed E-state index contributed by atoms with van der Waals surface area (Å²) < 4.78 is 13.0. The third-order valence-corrected chi connectivity index (χ3v) is 2.61. The minimum Gasteiger partial charge on any atom is -0.493 e. The number of aryl methyl sites for hydroxylation is 1. The zero-order valence-corrected chi connectivity index (χ0v) is 10.3. The highest BCUT2D eigenvalue weighted by Gasteiger charge is 2.10. The Morgan fingerprint density at radius 2 is 1.94 bits per heavy atom. The molecule has 0 aliphatic rings. The summed E-state index contributed by atoms with van der Waals surface area (Å²) in [5, 5.41) is 0. The molecule has 4 heteroatoms. The van der Waals surface area contributed by atoms with Crippen molar-refractivity contribution >= 4 is 0 Å². The predicted octanol–water partition coefficient (Wildman–Crippen LogP) is 3.01. The smallest absolute Gasteiger partial charge is 0.302 e. The largest absolute Gasteiger partial charge is 0.493 e. The van der Waals surface area contributed by atoms with Crippen LogP contribution in [-0.4, -0.2) is 16.7 Å². The third-order valence-electron chi connectivity index (χ3n) is 2.61. The van der Waals surface area contributed by atoms with E-state index in [1.54, 1.807) is 13.3 Å². The highest BCUT2D eigenvalue weighted by Crippen LogP contribution is 2.30. The Morgan fingerprint density at radius 1 is 1.24 bits per heavy atom. The molecule has 4 nitrogen and oxygen atoms in total. The molecule has 0 radical (unpaired) electrons. The standard InChI is InChI=1S/C13H16N2O2/c1-4-15-10(2)9-14-13(15)17-12-8-6-5-7-11(12)16-3/h5-9H,4H2,1-3H3. The van der Waals surface area contributed by atoms with Gasteiger partial charge in [-0.05, 0) is 26.0 Å². The first-order valence-electron chi connectivity index (χ1n) is 5.59. The van der Waals surface area contributed by atoms with E-state index in [4.69, 9.17) is 9.47 Å². The maximum atomic E-state index is 5.77. The van der Waals surface area contributed by atoms with Gasteiger partial charge >= 0.3 is 6.01 Å². The van der Waals surface area contributed by atoms with Crippen LogP contribution < -0.4 is 9.47 Å². The molecule has 0 amide bonds. The molecule has 2 aromatic rings. The lowest BCUT2D eigenvalue weighted by Gasteiger charge is -2.10. The molecule has 0 saturated carbocycles. The average molecular weight is 232 g/mol. The second kappa shape index (κ2) is 4.91. The fraction of sp³-hybridized carbons (Fsp3) is 0.308. The quantitative estimate of drug-likeness (QED) is 0.813. The van der Waals surface area contributed by atoms with Crippen molar-refractivity contribution in [3.63, 3.8) is 0 Å². The number of aromatic nitrogens is 2. The minimum absolute atomic E-state index is 0.592. The summed E-state index contributed by atoms with van der Waals surface area (Å²) >= 11 is 0. The fourth-order valence-electron chi connectivity index (χ4n) is 1.71. The third kappa shape index (κ3) is 2.25. The van der Waals surface area contributed by atoms with Crippen LogP contribution in [0.25, 0.3) is 0 Å². The molecule has 0 atom stereocenters. The van der Waals surface area contributed by atoms with Gasteiger partial charge in [0.25, 0.3) is 0 Å². The second-order valence-corrected chi connectivity index (χ2v) is 3.68. The molecular weight excluding hydrogens is 216 g/mol.